The molecular weight excluding hydrogens is 394 g/mol. The van der Waals surface area contributed by atoms with Crippen LogP contribution in [-0.2, 0) is 9.47 Å². The van der Waals surface area contributed by atoms with E-state index in [0.29, 0.717) is 24.9 Å². The number of alkyl carbamates (subject to hydrolysis) is 1. The highest BCUT2D eigenvalue weighted by atomic mass is 16.5. The van der Waals surface area contributed by atoms with Gasteiger partial charge in [0.1, 0.15) is 5.52 Å². The molecule has 3 fully saturated rings. The molecule has 31 heavy (non-hydrogen) atoms. The SMILES string of the molecule is CCOC(=O)NC1CCC(Nc2cc(N3CC4CCC(C3)O4)cc3nccnc23)CC1. The van der Waals surface area contributed by atoms with Crippen LogP contribution < -0.4 is 15.5 Å². The fourth-order valence-corrected chi connectivity index (χ4v) is 5.12. The van der Waals surface area contributed by atoms with Crippen LogP contribution in [0.2, 0.25) is 0 Å². The Balaban J connectivity index is 1.30. The molecule has 2 saturated heterocycles. The zero-order valence-corrected chi connectivity index (χ0v) is 18.0. The second-order valence-electron chi connectivity index (χ2n) is 8.84. The zero-order valence-electron chi connectivity index (χ0n) is 18.0. The van der Waals surface area contributed by atoms with E-state index < -0.39 is 0 Å². The number of amides is 1. The van der Waals surface area contributed by atoms with Gasteiger partial charge in [0, 0.05) is 43.3 Å². The first-order valence-electron chi connectivity index (χ1n) is 11.5. The third-order valence-electron chi connectivity index (χ3n) is 6.65. The lowest BCUT2D eigenvalue weighted by molar-refractivity contribution is 0.0305. The summed E-state index contributed by atoms with van der Waals surface area (Å²) in [5, 5.41) is 6.71. The number of hydrogen-bond donors (Lipinski definition) is 2. The van der Waals surface area contributed by atoms with Crippen molar-refractivity contribution in [3.05, 3.63) is 24.5 Å². The quantitative estimate of drug-likeness (QED) is 0.758. The molecule has 2 bridgehead atoms. The van der Waals surface area contributed by atoms with Gasteiger partial charge in [0.15, 0.2) is 0 Å². The number of morpholine rings is 1. The number of rotatable bonds is 5. The monoisotopic (exact) mass is 425 g/mol. The second-order valence-corrected chi connectivity index (χ2v) is 8.84. The van der Waals surface area contributed by atoms with E-state index in [0.717, 1.165) is 68.3 Å². The molecule has 1 saturated carbocycles. The smallest absolute Gasteiger partial charge is 0.407 e. The summed E-state index contributed by atoms with van der Waals surface area (Å²) < 4.78 is 11.0. The minimum Gasteiger partial charge on any atom is -0.450 e. The summed E-state index contributed by atoms with van der Waals surface area (Å²) in [5.41, 5.74) is 4.06. The molecule has 1 aromatic heterocycles. The van der Waals surface area contributed by atoms with Crippen LogP contribution in [-0.4, -0.2) is 60.0 Å². The predicted molar refractivity (Wildman–Crippen MR) is 119 cm³/mol. The number of aromatic nitrogens is 2. The molecule has 1 amide bonds. The molecule has 2 unspecified atom stereocenters. The van der Waals surface area contributed by atoms with Gasteiger partial charge in [-0.3, -0.25) is 9.97 Å². The van der Waals surface area contributed by atoms with Gasteiger partial charge < -0.3 is 25.0 Å². The molecule has 0 radical (unpaired) electrons. The normalized spacial score (nSPS) is 27.8. The summed E-state index contributed by atoms with van der Waals surface area (Å²) in [7, 11) is 0. The van der Waals surface area contributed by atoms with Crippen molar-refractivity contribution in [3.8, 4) is 0 Å². The minimum absolute atomic E-state index is 0.184. The van der Waals surface area contributed by atoms with Crippen molar-refractivity contribution in [1.82, 2.24) is 15.3 Å². The molecule has 3 aliphatic rings. The van der Waals surface area contributed by atoms with Crippen molar-refractivity contribution in [2.75, 3.05) is 29.9 Å². The molecule has 0 spiro atoms. The molecule has 5 rings (SSSR count). The van der Waals surface area contributed by atoms with Crippen molar-refractivity contribution in [2.24, 2.45) is 0 Å². The van der Waals surface area contributed by atoms with Crippen molar-refractivity contribution in [2.45, 2.75) is 69.7 Å². The van der Waals surface area contributed by atoms with Gasteiger partial charge in [-0.2, -0.15) is 0 Å². The van der Waals surface area contributed by atoms with E-state index in [2.05, 4.69) is 37.6 Å². The van der Waals surface area contributed by atoms with Crippen LogP contribution in [0.4, 0.5) is 16.2 Å². The van der Waals surface area contributed by atoms with Crippen molar-refractivity contribution < 1.29 is 14.3 Å². The first-order chi connectivity index (χ1) is 15.2. The van der Waals surface area contributed by atoms with Gasteiger partial charge in [0.25, 0.3) is 0 Å². The van der Waals surface area contributed by atoms with Crippen LogP contribution in [0.1, 0.15) is 45.4 Å². The van der Waals surface area contributed by atoms with Crippen LogP contribution in [0.25, 0.3) is 11.0 Å². The number of nitrogens with zero attached hydrogens (tertiary/aromatic N) is 3. The largest absolute Gasteiger partial charge is 0.450 e. The highest BCUT2D eigenvalue weighted by Crippen LogP contribution is 2.34. The molecule has 166 valence electrons. The molecule has 2 atom stereocenters. The lowest BCUT2D eigenvalue weighted by Gasteiger charge is -2.34. The molecule has 2 aromatic rings. The molecule has 1 aliphatic carbocycles. The van der Waals surface area contributed by atoms with Gasteiger partial charge in [0.05, 0.1) is 30.0 Å². The van der Waals surface area contributed by atoms with Gasteiger partial charge in [-0.15, -0.1) is 0 Å². The minimum atomic E-state index is -0.313. The summed E-state index contributed by atoms with van der Waals surface area (Å²) in [4.78, 5) is 23.3. The van der Waals surface area contributed by atoms with E-state index in [1.165, 1.54) is 5.69 Å². The first-order valence-corrected chi connectivity index (χ1v) is 11.5. The summed E-state index contributed by atoms with van der Waals surface area (Å²) in [5.74, 6) is 0. The summed E-state index contributed by atoms with van der Waals surface area (Å²) in [6.07, 6.45) is 10.0. The highest BCUT2D eigenvalue weighted by Gasteiger charge is 2.34. The Bertz CT molecular complexity index is 919. The second kappa shape index (κ2) is 8.86. The summed E-state index contributed by atoms with van der Waals surface area (Å²) in [6, 6.07) is 4.91. The molecule has 1 aromatic carbocycles. The molecule has 3 heterocycles. The van der Waals surface area contributed by atoms with E-state index in [1.807, 2.05) is 6.92 Å². The topological polar surface area (TPSA) is 88.6 Å². The Kier molecular flexibility index (Phi) is 5.80. The number of fused-ring (bicyclic) bond motifs is 3. The Hall–Kier alpha value is -2.61. The molecule has 8 heteroatoms. The number of carbonyl (C=O) groups excluding carboxylic acids is 1. The summed E-state index contributed by atoms with van der Waals surface area (Å²) in [6.45, 7) is 4.10. The molecular formula is C23H31N5O3. The van der Waals surface area contributed by atoms with E-state index in [4.69, 9.17) is 9.47 Å². The maximum absolute atomic E-state index is 11.7. The number of nitrogens with one attached hydrogen (secondary N) is 2. The fraction of sp³-hybridized carbons (Fsp3) is 0.609. The van der Waals surface area contributed by atoms with Crippen LogP contribution in [0, 0.1) is 0 Å². The maximum Gasteiger partial charge on any atom is 0.407 e. The van der Waals surface area contributed by atoms with Gasteiger partial charge >= 0.3 is 6.09 Å². The Morgan fingerprint density at radius 1 is 1.06 bits per heavy atom. The number of carbonyl (C=O) groups is 1. The van der Waals surface area contributed by atoms with E-state index in [-0.39, 0.29) is 12.1 Å². The van der Waals surface area contributed by atoms with Crippen molar-refractivity contribution in [1.29, 1.82) is 0 Å². The highest BCUT2D eigenvalue weighted by molar-refractivity contribution is 5.91. The third kappa shape index (κ3) is 4.54. The van der Waals surface area contributed by atoms with Crippen LogP contribution in [0.5, 0.6) is 0 Å². The third-order valence-corrected chi connectivity index (χ3v) is 6.65. The average Bonchev–Trinajstić information content (AvgIpc) is 3.12. The Morgan fingerprint density at radius 3 is 2.52 bits per heavy atom. The van der Waals surface area contributed by atoms with Crippen LogP contribution >= 0.6 is 0 Å². The van der Waals surface area contributed by atoms with E-state index in [1.54, 1.807) is 12.4 Å². The van der Waals surface area contributed by atoms with Crippen LogP contribution in [0.3, 0.4) is 0 Å². The van der Waals surface area contributed by atoms with Crippen molar-refractivity contribution >= 4 is 28.5 Å². The molecule has 2 aliphatic heterocycles. The Labute approximate surface area is 182 Å². The number of hydrogen-bond acceptors (Lipinski definition) is 7. The first kappa shape index (κ1) is 20.3. The van der Waals surface area contributed by atoms with Crippen LogP contribution in [0.15, 0.2) is 24.5 Å². The Morgan fingerprint density at radius 2 is 1.77 bits per heavy atom. The van der Waals surface area contributed by atoms with E-state index in [9.17, 15) is 4.79 Å². The van der Waals surface area contributed by atoms with Crippen molar-refractivity contribution in [3.63, 3.8) is 0 Å². The lowest BCUT2D eigenvalue weighted by atomic mass is 9.91. The van der Waals surface area contributed by atoms with Gasteiger partial charge in [-0.05, 0) is 57.6 Å². The average molecular weight is 426 g/mol. The number of ether oxygens (including phenoxy) is 2. The lowest BCUT2D eigenvalue weighted by Crippen LogP contribution is -2.42. The van der Waals surface area contributed by atoms with Gasteiger partial charge in [-0.25, -0.2) is 4.79 Å². The molecule has 2 N–H and O–H groups in total. The van der Waals surface area contributed by atoms with E-state index >= 15 is 0 Å². The van der Waals surface area contributed by atoms with Gasteiger partial charge in [0.2, 0.25) is 0 Å². The zero-order chi connectivity index (χ0) is 21.2. The number of benzene rings is 1. The van der Waals surface area contributed by atoms with Gasteiger partial charge in [-0.1, -0.05) is 0 Å². The fourth-order valence-electron chi connectivity index (χ4n) is 5.12. The maximum atomic E-state index is 11.7. The summed E-state index contributed by atoms with van der Waals surface area (Å²) >= 11 is 0. The standard InChI is InChI=1S/C23H31N5O3/c1-2-30-23(29)27-16-5-3-15(4-6-16)26-21-12-17(11-20-22(21)25-10-9-24-20)28-13-18-7-8-19(14-28)31-18/h9-12,15-16,18-19,26H,2-8,13-14H2,1H3,(H,27,29). The predicted octanol–water partition coefficient (Wildman–Crippen LogP) is 3.47. The number of anilines is 2. The molecule has 8 nitrogen and oxygen atoms in total.